The Labute approximate surface area is 331 Å². The maximum absolute atomic E-state index is 13.0. The second-order valence-electron chi connectivity index (χ2n) is 16.4. The largest absolute Gasteiger partial charge is 0.394 e. The van der Waals surface area contributed by atoms with E-state index in [1.807, 2.05) is 4.90 Å². The molecule has 0 spiro atoms. The number of hydrogen-bond acceptors (Lipinski definition) is 5. The van der Waals surface area contributed by atoms with Gasteiger partial charge < -0.3 is 24.6 Å². The molecule has 0 heterocycles. The van der Waals surface area contributed by atoms with E-state index in [1.165, 1.54) is 218 Å². The summed E-state index contributed by atoms with van der Waals surface area (Å²) in [5.74, 6) is 0.0827. The summed E-state index contributed by atoms with van der Waals surface area (Å²) in [6, 6.07) is 0. The van der Waals surface area contributed by atoms with E-state index in [1.54, 1.807) is 0 Å². The SMILES string of the molecule is CCCCCCCCCCCCCCCCCCCCN(CCCCCCCCCCCCCCCCCCCC)C(=O)COCCOCC(O)CO. The van der Waals surface area contributed by atoms with Crippen molar-refractivity contribution >= 4 is 5.91 Å². The Balaban J connectivity index is 3.96. The van der Waals surface area contributed by atoms with Crippen LogP contribution in [0.4, 0.5) is 0 Å². The van der Waals surface area contributed by atoms with E-state index >= 15 is 0 Å². The number of unbranched alkanes of at least 4 members (excludes halogenated alkanes) is 34. The molecule has 318 valence electrons. The second-order valence-corrected chi connectivity index (χ2v) is 16.4. The Morgan fingerprint density at radius 2 is 0.698 bits per heavy atom. The number of rotatable bonds is 46. The number of nitrogens with zero attached hydrogens (tertiary/aromatic N) is 1. The minimum absolute atomic E-state index is 0.0820. The normalized spacial score (nSPS) is 12.2. The predicted molar refractivity (Wildman–Crippen MR) is 229 cm³/mol. The molecule has 0 saturated carbocycles. The van der Waals surface area contributed by atoms with Crippen molar-refractivity contribution in [1.29, 1.82) is 0 Å². The monoisotopic (exact) mass is 754 g/mol. The molecule has 0 aromatic heterocycles. The van der Waals surface area contributed by atoms with Crippen LogP contribution in [0.5, 0.6) is 0 Å². The highest BCUT2D eigenvalue weighted by molar-refractivity contribution is 5.77. The average Bonchev–Trinajstić information content (AvgIpc) is 3.17. The maximum Gasteiger partial charge on any atom is 0.248 e. The lowest BCUT2D eigenvalue weighted by molar-refractivity contribution is -0.137. The first-order valence-electron chi connectivity index (χ1n) is 23.9. The molecule has 1 amide bonds. The molecule has 0 aliphatic carbocycles. The zero-order valence-electron chi connectivity index (χ0n) is 36.0. The molecule has 1 unspecified atom stereocenters. The minimum Gasteiger partial charge on any atom is -0.394 e. The molecule has 0 bridgehead atoms. The van der Waals surface area contributed by atoms with E-state index in [0.29, 0.717) is 13.2 Å². The quantitative estimate of drug-likeness (QED) is 0.0605. The third-order valence-corrected chi connectivity index (χ3v) is 11.0. The third-order valence-electron chi connectivity index (χ3n) is 11.0. The van der Waals surface area contributed by atoms with E-state index in [0.717, 1.165) is 25.9 Å². The Morgan fingerprint density at radius 1 is 0.434 bits per heavy atom. The molecule has 0 rings (SSSR count). The summed E-state index contributed by atoms with van der Waals surface area (Å²) in [7, 11) is 0. The standard InChI is InChI=1S/C47H95NO5/c1-3-5-7-9-11-13-15-17-19-21-23-25-27-29-31-33-35-37-39-48(47(51)45-53-42-41-52-44-46(50)43-49)40-38-36-34-32-30-28-26-24-22-20-18-16-14-12-10-8-6-4-2/h46,49-50H,3-45H2,1-2H3. The van der Waals surface area contributed by atoms with Gasteiger partial charge in [-0.2, -0.15) is 0 Å². The van der Waals surface area contributed by atoms with Gasteiger partial charge in [0, 0.05) is 13.1 Å². The zero-order valence-corrected chi connectivity index (χ0v) is 36.0. The van der Waals surface area contributed by atoms with Gasteiger partial charge in [-0.15, -0.1) is 0 Å². The van der Waals surface area contributed by atoms with Gasteiger partial charge in [0.1, 0.15) is 12.7 Å². The number of aliphatic hydroxyl groups is 2. The van der Waals surface area contributed by atoms with Crippen molar-refractivity contribution in [2.45, 2.75) is 251 Å². The Bertz CT molecular complexity index is 652. The first-order chi connectivity index (χ1) is 26.2. The van der Waals surface area contributed by atoms with Crippen LogP contribution < -0.4 is 0 Å². The Kier molecular flexibility index (Phi) is 45.1. The minimum atomic E-state index is -0.865. The van der Waals surface area contributed by atoms with E-state index < -0.39 is 6.10 Å². The van der Waals surface area contributed by atoms with Gasteiger partial charge in [0.05, 0.1) is 26.4 Å². The summed E-state index contributed by atoms with van der Waals surface area (Å²) in [4.78, 5) is 15.1. The highest BCUT2D eigenvalue weighted by atomic mass is 16.5. The van der Waals surface area contributed by atoms with Crippen LogP contribution in [-0.2, 0) is 14.3 Å². The van der Waals surface area contributed by atoms with Crippen molar-refractivity contribution in [3.63, 3.8) is 0 Å². The maximum atomic E-state index is 13.0. The van der Waals surface area contributed by atoms with Crippen LogP contribution in [0, 0.1) is 0 Å². The second kappa shape index (κ2) is 45.7. The van der Waals surface area contributed by atoms with Gasteiger partial charge in [-0.25, -0.2) is 0 Å². The molecule has 0 aromatic rings. The molecule has 0 aliphatic heterocycles. The van der Waals surface area contributed by atoms with Gasteiger partial charge in [-0.05, 0) is 12.8 Å². The summed E-state index contributed by atoms with van der Waals surface area (Å²) in [5.41, 5.74) is 0. The fourth-order valence-electron chi connectivity index (χ4n) is 7.41. The van der Waals surface area contributed by atoms with Gasteiger partial charge in [0.15, 0.2) is 0 Å². The lowest BCUT2D eigenvalue weighted by Gasteiger charge is -2.23. The summed E-state index contributed by atoms with van der Waals surface area (Å²) in [5, 5.41) is 18.3. The number of amides is 1. The van der Waals surface area contributed by atoms with Crippen LogP contribution in [0.1, 0.15) is 245 Å². The average molecular weight is 754 g/mol. The molecule has 0 radical (unpaired) electrons. The summed E-state index contributed by atoms with van der Waals surface area (Å²) in [6.45, 7) is 6.73. The first kappa shape index (κ1) is 52.3. The van der Waals surface area contributed by atoms with Gasteiger partial charge in [-0.3, -0.25) is 4.79 Å². The van der Waals surface area contributed by atoms with Crippen LogP contribution in [-0.4, -0.2) is 73.2 Å². The molecule has 0 aromatic carbocycles. The Hall–Kier alpha value is -0.690. The van der Waals surface area contributed by atoms with Crippen LogP contribution in [0.15, 0.2) is 0 Å². The smallest absolute Gasteiger partial charge is 0.248 e. The fraction of sp³-hybridized carbons (Fsp3) is 0.979. The topological polar surface area (TPSA) is 79.2 Å². The lowest BCUT2D eigenvalue weighted by atomic mass is 10.0. The lowest BCUT2D eigenvalue weighted by Crippen LogP contribution is -2.36. The number of hydrogen-bond donors (Lipinski definition) is 2. The van der Waals surface area contributed by atoms with Crippen molar-refractivity contribution in [3.8, 4) is 0 Å². The van der Waals surface area contributed by atoms with E-state index in [9.17, 15) is 9.90 Å². The fourth-order valence-corrected chi connectivity index (χ4v) is 7.41. The van der Waals surface area contributed by atoms with Crippen LogP contribution in [0.2, 0.25) is 0 Å². The van der Waals surface area contributed by atoms with E-state index in [2.05, 4.69) is 13.8 Å². The highest BCUT2D eigenvalue weighted by Crippen LogP contribution is 2.16. The van der Waals surface area contributed by atoms with Crippen molar-refractivity contribution in [2.75, 3.05) is 46.1 Å². The molecule has 1 atom stereocenters. The Morgan fingerprint density at radius 3 is 0.981 bits per heavy atom. The van der Waals surface area contributed by atoms with Crippen LogP contribution in [0.3, 0.4) is 0 Å². The van der Waals surface area contributed by atoms with E-state index in [4.69, 9.17) is 14.6 Å². The summed E-state index contributed by atoms with van der Waals surface area (Å²) >= 11 is 0. The molecule has 0 aliphatic rings. The number of ether oxygens (including phenoxy) is 2. The van der Waals surface area contributed by atoms with Crippen molar-refractivity contribution in [3.05, 3.63) is 0 Å². The van der Waals surface area contributed by atoms with Gasteiger partial charge in [0.2, 0.25) is 5.91 Å². The number of carbonyl (C=O) groups excluding carboxylic acids is 1. The summed E-state index contributed by atoms with van der Waals surface area (Å²) < 4.78 is 10.9. The number of aliphatic hydroxyl groups excluding tert-OH is 2. The van der Waals surface area contributed by atoms with Gasteiger partial charge in [0.25, 0.3) is 0 Å². The van der Waals surface area contributed by atoms with Crippen LogP contribution >= 0.6 is 0 Å². The molecule has 0 saturated heterocycles. The third kappa shape index (κ3) is 42.3. The molecular formula is C47H95NO5. The van der Waals surface area contributed by atoms with Crippen molar-refractivity contribution in [2.24, 2.45) is 0 Å². The molecule has 0 fully saturated rings. The van der Waals surface area contributed by atoms with Crippen molar-refractivity contribution in [1.82, 2.24) is 4.90 Å². The van der Waals surface area contributed by atoms with Crippen LogP contribution in [0.25, 0.3) is 0 Å². The molecule has 6 heteroatoms. The highest BCUT2D eigenvalue weighted by Gasteiger charge is 2.13. The first-order valence-corrected chi connectivity index (χ1v) is 23.9. The zero-order chi connectivity index (χ0) is 38.6. The van der Waals surface area contributed by atoms with Crippen molar-refractivity contribution < 1.29 is 24.5 Å². The molecular weight excluding hydrogens is 659 g/mol. The van der Waals surface area contributed by atoms with E-state index in [-0.39, 0.29) is 25.7 Å². The number of carbonyl (C=O) groups is 1. The molecule has 2 N–H and O–H groups in total. The van der Waals surface area contributed by atoms with Gasteiger partial charge >= 0.3 is 0 Å². The predicted octanol–water partition coefficient (Wildman–Crippen LogP) is 13.3. The molecule has 53 heavy (non-hydrogen) atoms. The summed E-state index contributed by atoms with van der Waals surface area (Å²) in [6.07, 6.45) is 48.4. The van der Waals surface area contributed by atoms with Gasteiger partial charge in [-0.1, -0.05) is 232 Å². The molecule has 6 nitrogen and oxygen atoms in total.